The molecule has 5 unspecified atom stereocenters. The van der Waals surface area contributed by atoms with Gasteiger partial charge in [-0.1, -0.05) is 13.8 Å². The molecule has 0 rings (SSSR count). The summed E-state index contributed by atoms with van der Waals surface area (Å²) in [5, 5.41) is 35.2. The lowest BCUT2D eigenvalue weighted by atomic mass is 10.0. The molecule has 0 saturated heterocycles. The summed E-state index contributed by atoms with van der Waals surface area (Å²) in [6.07, 6.45) is 1.06. The lowest BCUT2D eigenvalue weighted by Gasteiger charge is -2.25. The van der Waals surface area contributed by atoms with Gasteiger partial charge in [0.2, 0.25) is 17.7 Å². The molecule has 11 nitrogen and oxygen atoms in total. The number of aliphatic hydroxyl groups excluding tert-OH is 2. The van der Waals surface area contributed by atoms with Crippen LogP contribution in [0.15, 0.2) is 0 Å². The van der Waals surface area contributed by atoms with Gasteiger partial charge >= 0.3 is 5.97 Å². The van der Waals surface area contributed by atoms with Gasteiger partial charge in [0.05, 0.1) is 12.7 Å². The molecule has 8 N–H and O–H groups in total. The van der Waals surface area contributed by atoms with E-state index < -0.39 is 60.6 Å². The van der Waals surface area contributed by atoms with Gasteiger partial charge in [-0.25, -0.2) is 4.79 Å². The third-order valence-corrected chi connectivity index (χ3v) is 4.85. The molecule has 0 aliphatic carbocycles. The van der Waals surface area contributed by atoms with Crippen LogP contribution >= 0.6 is 11.8 Å². The van der Waals surface area contributed by atoms with E-state index in [4.69, 9.17) is 5.73 Å². The van der Waals surface area contributed by atoms with Crippen LogP contribution in [0.25, 0.3) is 0 Å². The molecule has 3 amide bonds. The number of rotatable bonds is 14. The first-order chi connectivity index (χ1) is 13.9. The molecule has 0 heterocycles. The van der Waals surface area contributed by atoms with Crippen LogP contribution in [0.3, 0.4) is 0 Å². The van der Waals surface area contributed by atoms with E-state index in [0.717, 1.165) is 0 Å². The Kier molecular flexibility index (Phi) is 13.3. The molecule has 0 aromatic carbocycles. The third kappa shape index (κ3) is 10.2. The monoisotopic (exact) mass is 450 g/mol. The summed E-state index contributed by atoms with van der Waals surface area (Å²) >= 11 is 1.42. The Morgan fingerprint density at radius 2 is 1.43 bits per heavy atom. The fourth-order valence-electron chi connectivity index (χ4n) is 2.42. The zero-order chi connectivity index (χ0) is 23.4. The van der Waals surface area contributed by atoms with Gasteiger partial charge in [0.1, 0.15) is 24.2 Å². The third-order valence-electron chi connectivity index (χ3n) is 4.20. The minimum absolute atomic E-state index is 0.00633. The molecular formula is C18H34N4O7S. The molecule has 0 spiro atoms. The highest BCUT2D eigenvalue weighted by Gasteiger charge is 2.30. The minimum atomic E-state index is -1.40. The molecule has 0 radical (unpaired) electrons. The van der Waals surface area contributed by atoms with E-state index in [1.807, 2.05) is 13.8 Å². The number of nitrogens with one attached hydrogen (secondary N) is 3. The number of aliphatic carboxylic acids is 1. The zero-order valence-electron chi connectivity index (χ0n) is 17.8. The number of hydrogen-bond donors (Lipinski definition) is 7. The first-order valence-corrected chi connectivity index (χ1v) is 11.0. The molecule has 5 atom stereocenters. The van der Waals surface area contributed by atoms with Crippen molar-refractivity contribution in [3.05, 3.63) is 0 Å². The SMILES string of the molecule is CSCCC(NC(=O)C(CO)NC(=O)C(CC(C)C)NC(=O)C(N)C(C)O)C(=O)O. The van der Waals surface area contributed by atoms with Crippen LogP contribution in [0.1, 0.15) is 33.6 Å². The summed E-state index contributed by atoms with van der Waals surface area (Å²) in [6, 6.07) is -4.86. The van der Waals surface area contributed by atoms with Gasteiger partial charge in [-0.15, -0.1) is 0 Å². The Morgan fingerprint density at radius 1 is 0.933 bits per heavy atom. The highest BCUT2D eigenvalue weighted by Crippen LogP contribution is 2.07. The predicted octanol–water partition coefficient (Wildman–Crippen LogP) is -1.97. The Balaban J connectivity index is 5.20. The van der Waals surface area contributed by atoms with Crippen molar-refractivity contribution in [1.29, 1.82) is 0 Å². The van der Waals surface area contributed by atoms with E-state index in [9.17, 15) is 34.5 Å². The topological polar surface area (TPSA) is 191 Å². The number of carboxylic acids is 1. The van der Waals surface area contributed by atoms with Crippen molar-refractivity contribution in [1.82, 2.24) is 16.0 Å². The van der Waals surface area contributed by atoms with E-state index in [1.165, 1.54) is 18.7 Å². The number of carbonyl (C=O) groups excluding carboxylic acids is 3. The van der Waals surface area contributed by atoms with Gasteiger partial charge in [0.25, 0.3) is 0 Å². The Labute approximate surface area is 180 Å². The van der Waals surface area contributed by atoms with Gasteiger partial charge in [0, 0.05) is 0 Å². The van der Waals surface area contributed by atoms with Crippen LogP contribution in [0.5, 0.6) is 0 Å². The average Bonchev–Trinajstić information content (AvgIpc) is 2.66. The zero-order valence-corrected chi connectivity index (χ0v) is 18.6. The maximum Gasteiger partial charge on any atom is 0.326 e. The summed E-state index contributed by atoms with van der Waals surface area (Å²) in [5.41, 5.74) is 5.58. The van der Waals surface area contributed by atoms with Crippen molar-refractivity contribution in [2.24, 2.45) is 11.7 Å². The van der Waals surface area contributed by atoms with Crippen LogP contribution in [0.4, 0.5) is 0 Å². The lowest BCUT2D eigenvalue weighted by molar-refractivity contribution is -0.142. The maximum atomic E-state index is 12.6. The van der Waals surface area contributed by atoms with E-state index in [2.05, 4.69) is 16.0 Å². The summed E-state index contributed by atoms with van der Waals surface area (Å²) in [6.45, 7) is 4.22. The molecule has 174 valence electrons. The second kappa shape index (κ2) is 14.2. The summed E-state index contributed by atoms with van der Waals surface area (Å²) in [5.74, 6) is -3.06. The molecule has 0 bridgehead atoms. The molecule has 0 fully saturated rings. The van der Waals surface area contributed by atoms with Gasteiger partial charge < -0.3 is 37.0 Å². The Hall–Kier alpha value is -1.89. The van der Waals surface area contributed by atoms with Crippen molar-refractivity contribution >= 4 is 35.5 Å². The van der Waals surface area contributed by atoms with Crippen molar-refractivity contribution in [3.63, 3.8) is 0 Å². The summed E-state index contributed by atoms with van der Waals surface area (Å²) < 4.78 is 0. The fraction of sp³-hybridized carbons (Fsp3) is 0.778. The van der Waals surface area contributed by atoms with Crippen LogP contribution in [0, 0.1) is 5.92 Å². The van der Waals surface area contributed by atoms with Crippen molar-refractivity contribution in [2.75, 3.05) is 18.6 Å². The van der Waals surface area contributed by atoms with Crippen molar-refractivity contribution in [3.8, 4) is 0 Å². The number of carbonyl (C=O) groups is 4. The number of thioether (sulfide) groups is 1. The molecule has 0 aromatic heterocycles. The Morgan fingerprint density at radius 3 is 1.87 bits per heavy atom. The number of hydrogen-bond acceptors (Lipinski definition) is 8. The van der Waals surface area contributed by atoms with E-state index in [-0.39, 0.29) is 18.8 Å². The van der Waals surface area contributed by atoms with E-state index in [1.54, 1.807) is 6.26 Å². The van der Waals surface area contributed by atoms with Gasteiger partial charge in [-0.3, -0.25) is 14.4 Å². The minimum Gasteiger partial charge on any atom is -0.480 e. The van der Waals surface area contributed by atoms with Gasteiger partial charge in [-0.05, 0) is 37.7 Å². The number of nitrogens with two attached hydrogens (primary N) is 1. The standard InChI is InChI=1S/C18H34N4O7S/c1-9(2)7-12(21-17(27)14(19)10(3)24)15(25)22-13(8-23)16(26)20-11(18(28)29)5-6-30-4/h9-14,23-24H,5-8,19H2,1-4H3,(H,20,26)(H,21,27)(H,22,25)(H,28,29). The largest absolute Gasteiger partial charge is 0.480 e. The van der Waals surface area contributed by atoms with E-state index in [0.29, 0.717) is 5.75 Å². The smallest absolute Gasteiger partial charge is 0.326 e. The molecule has 0 aliphatic rings. The first-order valence-electron chi connectivity index (χ1n) is 9.61. The second-order valence-corrected chi connectivity index (χ2v) is 8.37. The molecule has 0 aromatic rings. The van der Waals surface area contributed by atoms with Crippen LogP contribution < -0.4 is 21.7 Å². The predicted molar refractivity (Wildman–Crippen MR) is 113 cm³/mol. The van der Waals surface area contributed by atoms with Gasteiger partial charge in [-0.2, -0.15) is 11.8 Å². The second-order valence-electron chi connectivity index (χ2n) is 7.38. The van der Waals surface area contributed by atoms with Crippen LogP contribution in [-0.2, 0) is 19.2 Å². The molecular weight excluding hydrogens is 416 g/mol. The normalized spacial score (nSPS) is 16.1. The molecule has 12 heteroatoms. The maximum absolute atomic E-state index is 12.6. The number of carboxylic acid groups (broad SMARTS) is 1. The highest BCUT2D eigenvalue weighted by atomic mass is 32.2. The number of amides is 3. The van der Waals surface area contributed by atoms with Crippen molar-refractivity contribution in [2.45, 2.75) is 63.9 Å². The fourth-order valence-corrected chi connectivity index (χ4v) is 2.89. The van der Waals surface area contributed by atoms with Crippen LogP contribution in [-0.4, -0.2) is 87.9 Å². The lowest BCUT2D eigenvalue weighted by Crippen LogP contribution is -2.59. The average molecular weight is 451 g/mol. The first kappa shape index (κ1) is 28.1. The van der Waals surface area contributed by atoms with Gasteiger partial charge in [0.15, 0.2) is 0 Å². The summed E-state index contributed by atoms with van der Waals surface area (Å²) in [4.78, 5) is 48.4. The molecule has 30 heavy (non-hydrogen) atoms. The molecule has 0 aliphatic heterocycles. The summed E-state index contributed by atoms with van der Waals surface area (Å²) in [7, 11) is 0. The molecule has 0 saturated carbocycles. The van der Waals surface area contributed by atoms with E-state index >= 15 is 0 Å². The van der Waals surface area contributed by atoms with Crippen LogP contribution in [0.2, 0.25) is 0 Å². The van der Waals surface area contributed by atoms with Crippen molar-refractivity contribution < 1.29 is 34.5 Å². The number of aliphatic hydroxyl groups is 2. The quantitative estimate of drug-likeness (QED) is 0.157. The highest BCUT2D eigenvalue weighted by molar-refractivity contribution is 7.98. The Bertz CT molecular complexity index is 589.